The minimum Gasteiger partial charge on any atom is -0.340 e. The summed E-state index contributed by atoms with van der Waals surface area (Å²) in [7, 11) is 0. The zero-order valence-electron chi connectivity index (χ0n) is 11.1. The lowest BCUT2D eigenvalue weighted by Gasteiger charge is -2.36. The van der Waals surface area contributed by atoms with Crippen molar-refractivity contribution in [2.24, 2.45) is 5.92 Å². The number of rotatable bonds is 3. The normalized spacial score (nSPS) is 27.1. The van der Waals surface area contributed by atoms with Crippen molar-refractivity contribution >= 4 is 5.91 Å². The van der Waals surface area contributed by atoms with Gasteiger partial charge in [-0.1, -0.05) is 6.92 Å². The van der Waals surface area contributed by atoms with Gasteiger partial charge >= 0.3 is 0 Å². The molecule has 2 heterocycles. The number of amides is 1. The van der Waals surface area contributed by atoms with Gasteiger partial charge in [0.15, 0.2) is 0 Å². The predicted octanol–water partition coefficient (Wildman–Crippen LogP) is 2.17. The Labute approximate surface area is 105 Å². The predicted molar refractivity (Wildman–Crippen MR) is 69.9 cm³/mol. The van der Waals surface area contributed by atoms with E-state index in [0.29, 0.717) is 17.9 Å². The molecule has 1 unspecified atom stereocenters. The Bertz CT molecular complexity index is 249. The van der Waals surface area contributed by atoms with Gasteiger partial charge in [-0.25, -0.2) is 0 Å². The van der Waals surface area contributed by atoms with Crippen molar-refractivity contribution in [1.82, 2.24) is 10.2 Å². The van der Waals surface area contributed by atoms with Crippen molar-refractivity contribution in [2.75, 3.05) is 19.6 Å². The zero-order chi connectivity index (χ0) is 12.1. The minimum atomic E-state index is 0.420. The van der Waals surface area contributed by atoms with Gasteiger partial charge in [0.1, 0.15) is 0 Å². The molecule has 17 heavy (non-hydrogen) atoms. The molecule has 1 amide bonds. The molecule has 0 aromatic carbocycles. The van der Waals surface area contributed by atoms with Crippen molar-refractivity contribution in [2.45, 2.75) is 57.9 Å². The average Bonchev–Trinajstić information content (AvgIpc) is 2.40. The van der Waals surface area contributed by atoms with E-state index in [9.17, 15) is 4.79 Å². The number of nitrogens with zero attached hydrogens (tertiary/aromatic N) is 1. The lowest BCUT2D eigenvalue weighted by molar-refractivity contribution is -0.136. The minimum absolute atomic E-state index is 0.420. The number of likely N-dealkylation sites (tertiary alicyclic amines) is 1. The molecule has 0 aliphatic carbocycles. The van der Waals surface area contributed by atoms with Crippen LogP contribution < -0.4 is 5.32 Å². The first-order chi connectivity index (χ1) is 8.31. The molecular weight excluding hydrogens is 212 g/mol. The highest BCUT2D eigenvalue weighted by Gasteiger charge is 2.27. The third-order valence-electron chi connectivity index (χ3n) is 4.34. The first-order valence-electron chi connectivity index (χ1n) is 7.31. The van der Waals surface area contributed by atoms with Crippen LogP contribution in [0.5, 0.6) is 0 Å². The van der Waals surface area contributed by atoms with Crippen LogP contribution in [0.4, 0.5) is 0 Å². The van der Waals surface area contributed by atoms with E-state index in [2.05, 4.69) is 17.1 Å². The van der Waals surface area contributed by atoms with Crippen LogP contribution >= 0.6 is 0 Å². The summed E-state index contributed by atoms with van der Waals surface area (Å²) in [6.45, 7) is 5.40. The highest BCUT2D eigenvalue weighted by Crippen LogP contribution is 2.23. The first kappa shape index (κ1) is 12.9. The van der Waals surface area contributed by atoms with Crippen LogP contribution in [0, 0.1) is 5.92 Å². The molecule has 2 aliphatic rings. The Morgan fingerprint density at radius 3 is 2.71 bits per heavy atom. The van der Waals surface area contributed by atoms with Crippen molar-refractivity contribution in [3.63, 3.8) is 0 Å². The Balaban J connectivity index is 1.84. The monoisotopic (exact) mass is 238 g/mol. The maximum Gasteiger partial charge on any atom is 0.223 e. The van der Waals surface area contributed by atoms with Crippen molar-refractivity contribution in [1.29, 1.82) is 0 Å². The van der Waals surface area contributed by atoms with E-state index in [1.165, 1.54) is 32.1 Å². The molecule has 3 nitrogen and oxygen atoms in total. The summed E-state index contributed by atoms with van der Waals surface area (Å²) in [5, 5.41) is 3.36. The average molecular weight is 238 g/mol. The van der Waals surface area contributed by atoms with Crippen LogP contribution in [-0.2, 0) is 4.79 Å². The maximum absolute atomic E-state index is 12.3. The third-order valence-corrected chi connectivity index (χ3v) is 4.34. The van der Waals surface area contributed by atoms with Gasteiger partial charge in [0, 0.05) is 19.0 Å². The quantitative estimate of drug-likeness (QED) is 0.817. The van der Waals surface area contributed by atoms with Crippen LogP contribution in [-0.4, -0.2) is 36.5 Å². The molecule has 0 radical (unpaired) electrons. The number of hydrogen-bond donors (Lipinski definition) is 1. The Morgan fingerprint density at radius 1 is 1.24 bits per heavy atom. The molecule has 0 bridgehead atoms. The van der Waals surface area contributed by atoms with E-state index in [1.807, 2.05) is 0 Å². The highest BCUT2D eigenvalue weighted by molar-refractivity contribution is 5.76. The number of nitrogens with one attached hydrogen (secondary N) is 1. The first-order valence-corrected chi connectivity index (χ1v) is 7.31. The topological polar surface area (TPSA) is 32.3 Å². The van der Waals surface area contributed by atoms with Crippen LogP contribution in [0.25, 0.3) is 0 Å². The second kappa shape index (κ2) is 6.39. The number of carbonyl (C=O) groups excluding carboxylic acids is 1. The molecular formula is C14H26N2O. The lowest BCUT2D eigenvalue weighted by atomic mass is 9.92. The van der Waals surface area contributed by atoms with E-state index < -0.39 is 0 Å². The Morgan fingerprint density at radius 2 is 2.00 bits per heavy atom. The SMILES string of the molecule is CCC1CCCCN1C(=O)CC1CCNCC1. The second-order valence-corrected chi connectivity index (χ2v) is 5.54. The van der Waals surface area contributed by atoms with E-state index in [1.54, 1.807) is 0 Å². The smallest absolute Gasteiger partial charge is 0.223 e. The Kier molecular flexibility index (Phi) is 4.84. The van der Waals surface area contributed by atoms with Crippen LogP contribution in [0.3, 0.4) is 0 Å². The van der Waals surface area contributed by atoms with Gasteiger partial charge < -0.3 is 10.2 Å². The van der Waals surface area contributed by atoms with Crippen molar-refractivity contribution < 1.29 is 4.79 Å². The summed E-state index contributed by atoms with van der Waals surface area (Å²) in [5.41, 5.74) is 0. The molecule has 2 saturated heterocycles. The van der Waals surface area contributed by atoms with E-state index >= 15 is 0 Å². The summed E-state index contributed by atoms with van der Waals surface area (Å²) in [4.78, 5) is 14.5. The number of hydrogen-bond acceptors (Lipinski definition) is 2. The van der Waals surface area contributed by atoms with E-state index in [0.717, 1.165) is 32.5 Å². The van der Waals surface area contributed by atoms with Gasteiger partial charge in [0.25, 0.3) is 0 Å². The van der Waals surface area contributed by atoms with Gasteiger partial charge in [-0.05, 0) is 57.5 Å². The fraction of sp³-hybridized carbons (Fsp3) is 0.929. The summed E-state index contributed by atoms with van der Waals surface area (Å²) in [5.74, 6) is 1.05. The van der Waals surface area contributed by atoms with Gasteiger partial charge in [-0.15, -0.1) is 0 Å². The summed E-state index contributed by atoms with van der Waals surface area (Å²) < 4.78 is 0. The summed E-state index contributed by atoms with van der Waals surface area (Å²) >= 11 is 0. The largest absolute Gasteiger partial charge is 0.340 e. The zero-order valence-corrected chi connectivity index (χ0v) is 11.1. The van der Waals surface area contributed by atoms with Crippen LogP contribution in [0.15, 0.2) is 0 Å². The fourth-order valence-electron chi connectivity index (χ4n) is 3.20. The van der Waals surface area contributed by atoms with Gasteiger partial charge in [-0.2, -0.15) is 0 Å². The Hall–Kier alpha value is -0.570. The van der Waals surface area contributed by atoms with Crippen LogP contribution in [0.2, 0.25) is 0 Å². The number of carbonyl (C=O) groups is 1. The molecule has 3 heteroatoms. The van der Waals surface area contributed by atoms with Gasteiger partial charge in [-0.3, -0.25) is 4.79 Å². The van der Waals surface area contributed by atoms with E-state index in [4.69, 9.17) is 0 Å². The van der Waals surface area contributed by atoms with Crippen molar-refractivity contribution in [3.05, 3.63) is 0 Å². The summed E-state index contributed by atoms with van der Waals surface area (Å²) in [6.07, 6.45) is 7.99. The number of piperidine rings is 2. The van der Waals surface area contributed by atoms with Crippen LogP contribution in [0.1, 0.15) is 51.9 Å². The lowest BCUT2D eigenvalue weighted by Crippen LogP contribution is -2.44. The summed E-state index contributed by atoms with van der Waals surface area (Å²) in [6, 6.07) is 0.526. The molecule has 0 saturated carbocycles. The van der Waals surface area contributed by atoms with Gasteiger partial charge in [0.05, 0.1) is 0 Å². The molecule has 0 aromatic rings. The van der Waals surface area contributed by atoms with E-state index in [-0.39, 0.29) is 0 Å². The second-order valence-electron chi connectivity index (χ2n) is 5.54. The maximum atomic E-state index is 12.3. The van der Waals surface area contributed by atoms with Gasteiger partial charge in [0.2, 0.25) is 5.91 Å². The third kappa shape index (κ3) is 3.44. The fourth-order valence-corrected chi connectivity index (χ4v) is 3.20. The molecule has 1 atom stereocenters. The highest BCUT2D eigenvalue weighted by atomic mass is 16.2. The molecule has 0 aromatic heterocycles. The molecule has 2 aliphatic heterocycles. The molecule has 1 N–H and O–H groups in total. The molecule has 98 valence electrons. The van der Waals surface area contributed by atoms with Crippen molar-refractivity contribution in [3.8, 4) is 0 Å². The molecule has 0 spiro atoms. The standard InChI is InChI=1S/C14H26N2O/c1-2-13-5-3-4-10-16(13)14(17)11-12-6-8-15-9-7-12/h12-13,15H,2-11H2,1H3. The molecule has 2 fully saturated rings. The molecule has 2 rings (SSSR count).